The van der Waals surface area contributed by atoms with E-state index in [1.165, 1.54) is 19.3 Å². The monoisotopic (exact) mass is 278 g/mol. The molecule has 2 N–H and O–H groups in total. The molecule has 1 saturated heterocycles. The third-order valence-corrected chi connectivity index (χ3v) is 4.96. The number of nitrogens with one attached hydrogen (secondary N) is 1. The SMILES string of the molecule is O=C(O)C1C=CC(NC(=O)N2CCCC3CCCC32)C1. The average Bonchev–Trinajstić information content (AvgIpc) is 3.05. The molecule has 0 aromatic carbocycles. The van der Waals surface area contributed by atoms with Gasteiger partial charge in [0.1, 0.15) is 0 Å². The topological polar surface area (TPSA) is 69.6 Å². The maximum absolute atomic E-state index is 12.4. The molecule has 2 amide bonds. The Labute approximate surface area is 119 Å². The molecule has 3 aliphatic rings. The van der Waals surface area contributed by atoms with Crippen LogP contribution < -0.4 is 5.32 Å². The number of aliphatic carboxylic acids is 1. The van der Waals surface area contributed by atoms with E-state index in [0.29, 0.717) is 18.4 Å². The zero-order chi connectivity index (χ0) is 14.1. The summed E-state index contributed by atoms with van der Waals surface area (Å²) < 4.78 is 0. The van der Waals surface area contributed by atoms with Gasteiger partial charge in [-0.3, -0.25) is 4.79 Å². The predicted octanol–water partition coefficient (Wildman–Crippen LogP) is 1.99. The highest BCUT2D eigenvalue weighted by Gasteiger charge is 2.38. The first-order valence-electron chi connectivity index (χ1n) is 7.63. The standard InChI is InChI=1S/C15H22N2O3/c18-14(19)11-6-7-12(9-11)16-15(20)17-8-2-4-10-3-1-5-13(10)17/h6-7,10-13H,1-5,8-9H2,(H,16,20)(H,18,19). The Morgan fingerprint density at radius 3 is 2.70 bits per heavy atom. The third-order valence-electron chi connectivity index (χ3n) is 4.96. The predicted molar refractivity (Wildman–Crippen MR) is 74.3 cm³/mol. The molecule has 1 heterocycles. The molecule has 0 spiro atoms. The van der Waals surface area contributed by atoms with Crippen LogP contribution >= 0.6 is 0 Å². The van der Waals surface area contributed by atoms with Crippen molar-refractivity contribution in [3.63, 3.8) is 0 Å². The van der Waals surface area contributed by atoms with Crippen molar-refractivity contribution < 1.29 is 14.7 Å². The van der Waals surface area contributed by atoms with Gasteiger partial charge in [-0.15, -0.1) is 0 Å². The number of fused-ring (bicyclic) bond motifs is 1. The van der Waals surface area contributed by atoms with E-state index in [1.54, 1.807) is 6.08 Å². The van der Waals surface area contributed by atoms with Gasteiger partial charge in [0.25, 0.3) is 0 Å². The number of piperidine rings is 1. The number of hydrogen-bond donors (Lipinski definition) is 2. The summed E-state index contributed by atoms with van der Waals surface area (Å²) in [6, 6.07) is 0.261. The molecule has 2 aliphatic carbocycles. The number of carboxylic acid groups (broad SMARTS) is 1. The lowest BCUT2D eigenvalue weighted by molar-refractivity contribution is -0.140. The van der Waals surface area contributed by atoms with Crippen LogP contribution in [-0.2, 0) is 4.79 Å². The number of nitrogens with zero attached hydrogens (tertiary/aromatic N) is 1. The summed E-state index contributed by atoms with van der Waals surface area (Å²) in [5, 5.41) is 11.9. The van der Waals surface area contributed by atoms with Gasteiger partial charge in [-0.1, -0.05) is 18.6 Å². The summed E-state index contributed by atoms with van der Waals surface area (Å²) in [5.41, 5.74) is 0. The number of likely N-dealkylation sites (tertiary alicyclic amines) is 1. The number of carbonyl (C=O) groups is 2. The van der Waals surface area contributed by atoms with Crippen molar-refractivity contribution in [2.45, 2.75) is 50.6 Å². The lowest BCUT2D eigenvalue weighted by Crippen LogP contribution is -2.52. The molecule has 3 rings (SSSR count). The molecule has 1 aliphatic heterocycles. The summed E-state index contributed by atoms with van der Waals surface area (Å²) in [6.45, 7) is 0.839. The highest BCUT2D eigenvalue weighted by molar-refractivity contribution is 5.77. The first-order valence-corrected chi connectivity index (χ1v) is 7.63. The fourth-order valence-corrected chi connectivity index (χ4v) is 3.94. The maximum atomic E-state index is 12.4. The van der Waals surface area contributed by atoms with Crippen LogP contribution in [0.25, 0.3) is 0 Å². The van der Waals surface area contributed by atoms with E-state index in [0.717, 1.165) is 19.4 Å². The van der Waals surface area contributed by atoms with Crippen molar-refractivity contribution in [3.05, 3.63) is 12.2 Å². The summed E-state index contributed by atoms with van der Waals surface area (Å²) in [7, 11) is 0. The van der Waals surface area contributed by atoms with Crippen LogP contribution in [0.1, 0.15) is 38.5 Å². The molecular weight excluding hydrogens is 256 g/mol. The Balaban J connectivity index is 1.57. The van der Waals surface area contributed by atoms with Crippen molar-refractivity contribution >= 4 is 12.0 Å². The minimum Gasteiger partial charge on any atom is -0.481 e. The van der Waals surface area contributed by atoms with Gasteiger partial charge in [-0.05, 0) is 38.0 Å². The molecular formula is C15H22N2O3. The second kappa shape index (κ2) is 5.46. The van der Waals surface area contributed by atoms with E-state index in [4.69, 9.17) is 5.11 Å². The van der Waals surface area contributed by atoms with Crippen molar-refractivity contribution in [2.24, 2.45) is 11.8 Å². The highest BCUT2D eigenvalue weighted by atomic mass is 16.4. The lowest BCUT2D eigenvalue weighted by Gasteiger charge is -2.38. The van der Waals surface area contributed by atoms with Gasteiger partial charge in [0, 0.05) is 12.6 Å². The molecule has 20 heavy (non-hydrogen) atoms. The molecule has 0 radical (unpaired) electrons. The smallest absolute Gasteiger partial charge is 0.318 e. The Kier molecular flexibility index (Phi) is 3.68. The second-order valence-corrected chi connectivity index (χ2v) is 6.22. The summed E-state index contributed by atoms with van der Waals surface area (Å²) >= 11 is 0. The fraction of sp³-hybridized carbons (Fsp3) is 0.733. The lowest BCUT2D eigenvalue weighted by atomic mass is 9.92. The number of carboxylic acids is 1. The quantitative estimate of drug-likeness (QED) is 0.759. The summed E-state index contributed by atoms with van der Waals surface area (Å²) in [4.78, 5) is 25.3. The largest absolute Gasteiger partial charge is 0.481 e. The Morgan fingerprint density at radius 2 is 1.95 bits per heavy atom. The van der Waals surface area contributed by atoms with Gasteiger partial charge in [0.05, 0.1) is 12.0 Å². The molecule has 0 bridgehead atoms. The summed E-state index contributed by atoms with van der Waals surface area (Å²) in [6.07, 6.45) is 9.90. The van der Waals surface area contributed by atoms with Crippen molar-refractivity contribution in [1.29, 1.82) is 0 Å². The van der Waals surface area contributed by atoms with Crippen LogP contribution in [0.15, 0.2) is 12.2 Å². The number of hydrogen-bond acceptors (Lipinski definition) is 2. The van der Waals surface area contributed by atoms with E-state index in [9.17, 15) is 9.59 Å². The molecule has 110 valence electrons. The Hall–Kier alpha value is -1.52. The number of rotatable bonds is 2. The first kappa shape index (κ1) is 13.5. The van der Waals surface area contributed by atoms with Crippen LogP contribution in [0, 0.1) is 11.8 Å². The first-order chi connectivity index (χ1) is 9.65. The van der Waals surface area contributed by atoms with Crippen LogP contribution in [0.4, 0.5) is 4.79 Å². The van der Waals surface area contributed by atoms with Crippen molar-refractivity contribution in [2.75, 3.05) is 6.54 Å². The van der Waals surface area contributed by atoms with E-state index >= 15 is 0 Å². The van der Waals surface area contributed by atoms with Crippen molar-refractivity contribution in [1.82, 2.24) is 10.2 Å². The maximum Gasteiger partial charge on any atom is 0.318 e. The number of amides is 2. The average molecular weight is 278 g/mol. The van der Waals surface area contributed by atoms with Gasteiger partial charge < -0.3 is 15.3 Å². The molecule has 0 aromatic rings. The van der Waals surface area contributed by atoms with Gasteiger partial charge in [0.2, 0.25) is 0 Å². The fourth-order valence-electron chi connectivity index (χ4n) is 3.94. The Bertz CT molecular complexity index is 435. The molecule has 5 heteroatoms. The second-order valence-electron chi connectivity index (χ2n) is 6.22. The summed E-state index contributed by atoms with van der Waals surface area (Å²) in [5.74, 6) is -0.590. The molecule has 5 nitrogen and oxygen atoms in total. The van der Waals surface area contributed by atoms with Crippen molar-refractivity contribution in [3.8, 4) is 0 Å². The van der Waals surface area contributed by atoms with Gasteiger partial charge in [0.15, 0.2) is 0 Å². The molecule has 1 saturated carbocycles. The number of urea groups is 1. The minimum absolute atomic E-state index is 0.0118. The zero-order valence-electron chi connectivity index (χ0n) is 11.6. The molecule has 0 aromatic heterocycles. The van der Waals surface area contributed by atoms with E-state index < -0.39 is 11.9 Å². The van der Waals surface area contributed by atoms with E-state index in [1.807, 2.05) is 11.0 Å². The van der Waals surface area contributed by atoms with Crippen LogP contribution in [0.5, 0.6) is 0 Å². The van der Waals surface area contributed by atoms with Crippen LogP contribution in [-0.4, -0.2) is 40.6 Å². The van der Waals surface area contributed by atoms with E-state index in [-0.39, 0.29) is 12.1 Å². The van der Waals surface area contributed by atoms with Crippen LogP contribution in [0.2, 0.25) is 0 Å². The molecule has 4 atom stereocenters. The number of carbonyl (C=O) groups excluding carboxylic acids is 1. The Morgan fingerprint density at radius 1 is 1.15 bits per heavy atom. The van der Waals surface area contributed by atoms with Gasteiger partial charge in [-0.25, -0.2) is 4.79 Å². The van der Waals surface area contributed by atoms with E-state index in [2.05, 4.69) is 5.32 Å². The zero-order valence-corrected chi connectivity index (χ0v) is 11.6. The van der Waals surface area contributed by atoms with Crippen LogP contribution in [0.3, 0.4) is 0 Å². The van der Waals surface area contributed by atoms with Gasteiger partial charge >= 0.3 is 12.0 Å². The highest BCUT2D eigenvalue weighted by Crippen LogP contribution is 2.36. The normalized spacial score (nSPS) is 35.9. The van der Waals surface area contributed by atoms with Gasteiger partial charge in [-0.2, -0.15) is 0 Å². The minimum atomic E-state index is -0.813. The molecule has 2 fully saturated rings. The third kappa shape index (κ3) is 2.53. The molecule has 4 unspecified atom stereocenters.